The minimum Gasteiger partial charge on any atom is -0.394 e. The van der Waals surface area contributed by atoms with Gasteiger partial charge < -0.3 is 31.2 Å². The zero-order chi connectivity index (χ0) is 30.0. The second-order valence-corrected chi connectivity index (χ2v) is 12.2. The van der Waals surface area contributed by atoms with Crippen LogP contribution in [0, 0.1) is 0 Å². The minimum atomic E-state index is -4.68. The van der Waals surface area contributed by atoms with Gasteiger partial charge in [0.1, 0.15) is 37.9 Å². The number of aromatic nitrogens is 10. The monoisotopic (exact) mass is 634 g/mol. The number of nitrogen functional groups attached to an aromatic ring is 2. The van der Waals surface area contributed by atoms with Gasteiger partial charge in [0, 0.05) is 0 Å². The lowest BCUT2D eigenvalue weighted by atomic mass is 10.1. The molecule has 0 aromatic carbocycles. The number of H-pyrrole nitrogens is 1. The van der Waals surface area contributed by atoms with Crippen LogP contribution >= 0.6 is 19.0 Å². The average Bonchev–Trinajstić information content (AvgIpc) is 3.70. The van der Waals surface area contributed by atoms with Gasteiger partial charge in [-0.15, -0.1) is 10.2 Å². The predicted molar refractivity (Wildman–Crippen MR) is 136 cm³/mol. The first-order chi connectivity index (χ1) is 19.9. The van der Waals surface area contributed by atoms with Crippen LogP contribution in [-0.2, 0) is 34.6 Å². The van der Waals surface area contributed by atoms with Crippen molar-refractivity contribution in [2.45, 2.75) is 36.0 Å². The van der Waals surface area contributed by atoms with E-state index in [-0.39, 0.29) is 34.1 Å². The van der Waals surface area contributed by atoms with E-state index in [1.807, 2.05) is 0 Å². The number of nitrogens with one attached hydrogen (secondary N) is 1. The molecule has 24 heteroatoms. The van der Waals surface area contributed by atoms with Crippen molar-refractivity contribution in [3.05, 3.63) is 16.7 Å². The molecule has 7 atom stereocenters. The highest BCUT2D eigenvalue weighted by molar-refractivity contribution is 8.44. The Morgan fingerprint density at radius 2 is 1.88 bits per heavy atom. The fourth-order valence-electron chi connectivity index (χ4n) is 4.64. The van der Waals surface area contributed by atoms with Crippen molar-refractivity contribution in [1.82, 2.24) is 49.9 Å². The number of anilines is 2. The summed E-state index contributed by atoms with van der Waals surface area (Å²) in [5.74, 6) is -3.15. The van der Waals surface area contributed by atoms with Crippen LogP contribution in [0.5, 0.6) is 0 Å². The highest BCUT2D eigenvalue weighted by Gasteiger charge is 2.59. The molecule has 0 saturated carbocycles. The smallest absolute Gasteiger partial charge is 0.388 e. The maximum absolute atomic E-state index is 16.0. The maximum atomic E-state index is 16.0. The van der Waals surface area contributed by atoms with E-state index >= 15 is 8.78 Å². The third-order valence-corrected chi connectivity index (χ3v) is 8.34. The summed E-state index contributed by atoms with van der Waals surface area (Å²) >= 11 is 3.91. The fraction of sp³-hybridized carbons (Fsp3) is 0.556. The molecule has 7 N–H and O–H groups in total. The highest BCUT2D eigenvalue weighted by Crippen LogP contribution is 2.59. The number of aliphatic hydroxyl groups excluding tert-OH is 2. The third-order valence-electron chi connectivity index (χ3n) is 6.73. The van der Waals surface area contributed by atoms with Crippen molar-refractivity contribution in [3.8, 4) is 0 Å². The molecular formula is C18H21F2N12O8PS. The molecule has 6 rings (SSSR count). The number of nitrogens with zero attached hydrogens (tertiary/aromatic N) is 9. The van der Waals surface area contributed by atoms with E-state index in [2.05, 4.69) is 52.8 Å². The molecule has 42 heavy (non-hydrogen) atoms. The number of alkyl halides is 2. The molecule has 2 aliphatic rings. The Kier molecular flexibility index (Phi) is 6.88. The predicted octanol–water partition coefficient (Wildman–Crippen LogP) is -2.25. The van der Waals surface area contributed by atoms with Crippen LogP contribution in [0.1, 0.15) is 0 Å². The topological polar surface area (TPSA) is 279 Å². The van der Waals surface area contributed by atoms with E-state index in [9.17, 15) is 19.6 Å². The molecule has 0 amide bonds. The van der Waals surface area contributed by atoms with Gasteiger partial charge in [-0.1, -0.05) is 22.7 Å². The first-order valence-electron chi connectivity index (χ1n) is 11.9. The molecule has 2 saturated heterocycles. The lowest BCUT2D eigenvalue weighted by Gasteiger charge is -2.32. The molecule has 2 aliphatic heterocycles. The first kappa shape index (κ1) is 28.7. The number of hydrogen-bond acceptors (Lipinski definition) is 17. The maximum Gasteiger partial charge on any atom is 0.388 e. The van der Waals surface area contributed by atoms with E-state index < -0.39 is 74.8 Å². The van der Waals surface area contributed by atoms with Gasteiger partial charge in [-0.3, -0.25) is 18.8 Å². The van der Waals surface area contributed by atoms with Gasteiger partial charge >= 0.3 is 6.80 Å². The van der Waals surface area contributed by atoms with Crippen molar-refractivity contribution in [1.29, 1.82) is 0 Å². The van der Waals surface area contributed by atoms with E-state index in [1.165, 1.54) is 0 Å². The lowest BCUT2D eigenvalue weighted by molar-refractivity contribution is -0.0775. The number of halogens is 2. The van der Waals surface area contributed by atoms with Gasteiger partial charge in [-0.2, -0.15) is 14.3 Å². The second kappa shape index (κ2) is 10.1. The number of hydrogen-bond donors (Lipinski definition) is 6. The van der Waals surface area contributed by atoms with E-state index in [0.29, 0.717) is 9.36 Å². The highest BCUT2D eigenvalue weighted by atomic mass is 32.7. The summed E-state index contributed by atoms with van der Waals surface area (Å²) in [6.45, 7) is -7.75. The van der Waals surface area contributed by atoms with Crippen LogP contribution in [0.3, 0.4) is 0 Å². The Hall–Kier alpha value is -3.44. The standard InChI is InChI=1S/C18H21F2N12O8PS/c19-10-6(1-33)38-4-18(10,32-14-9(28-30-32)15(35)26-16(22)25-14)40-41(36,42)39-2-7-11(34)17(20,3-37-7)31-13-8(27-29-31)12(21)23-5-24-13/h5-7,10-11,33-34H,1-4H2,(H,36,42)(H2,21,23,24)(H3,22,25,26,35)/t6-,7-,10-,11-,17+,18+,41?/m1/s1. The number of fused-ring (bicyclic) bond motifs is 2. The summed E-state index contributed by atoms with van der Waals surface area (Å²) in [6, 6.07) is 0. The molecule has 0 bridgehead atoms. The van der Waals surface area contributed by atoms with E-state index in [0.717, 1.165) is 6.33 Å². The number of thiol groups is 1. The van der Waals surface area contributed by atoms with Crippen LogP contribution in [0.4, 0.5) is 20.5 Å². The van der Waals surface area contributed by atoms with Crippen molar-refractivity contribution in [3.63, 3.8) is 0 Å². The summed E-state index contributed by atoms with van der Waals surface area (Å²) in [5.41, 5.74) is 7.16. The first-order valence-corrected chi connectivity index (χ1v) is 14.6. The van der Waals surface area contributed by atoms with Crippen molar-refractivity contribution >= 4 is 53.1 Å². The van der Waals surface area contributed by atoms with Crippen molar-refractivity contribution in [2.24, 2.45) is 0 Å². The van der Waals surface area contributed by atoms with E-state index in [4.69, 9.17) is 30.0 Å². The van der Waals surface area contributed by atoms with Gasteiger partial charge in [0.25, 0.3) is 11.4 Å². The van der Waals surface area contributed by atoms with Crippen LogP contribution in [0.2, 0.25) is 0 Å². The second-order valence-electron chi connectivity index (χ2n) is 9.30. The molecule has 4 aromatic heterocycles. The molecule has 4 aromatic rings. The van der Waals surface area contributed by atoms with Gasteiger partial charge in [-0.05, 0) is 0 Å². The molecule has 0 aliphatic carbocycles. The van der Waals surface area contributed by atoms with Crippen molar-refractivity contribution < 1.29 is 42.1 Å². The Morgan fingerprint density at radius 1 is 1.17 bits per heavy atom. The molecule has 6 heterocycles. The molecule has 226 valence electrons. The molecule has 2 fully saturated rings. The molecule has 1 unspecified atom stereocenters. The lowest BCUT2D eigenvalue weighted by Crippen LogP contribution is -2.47. The van der Waals surface area contributed by atoms with Crippen molar-refractivity contribution in [2.75, 3.05) is 37.9 Å². The van der Waals surface area contributed by atoms with Crippen LogP contribution in [0.25, 0.3) is 22.3 Å². The van der Waals surface area contributed by atoms with Gasteiger partial charge in [0.05, 0.1) is 13.2 Å². The van der Waals surface area contributed by atoms with Crippen LogP contribution in [-0.4, -0.2) is 111 Å². The summed E-state index contributed by atoms with van der Waals surface area (Å²) in [7, 11) is 0. The molecular weight excluding hydrogens is 613 g/mol. The Labute approximate surface area is 236 Å². The number of aliphatic hydroxyl groups is 2. The summed E-state index contributed by atoms with van der Waals surface area (Å²) < 4.78 is 67.9. The summed E-state index contributed by atoms with van der Waals surface area (Å²) in [6.07, 6.45) is -6.15. The van der Waals surface area contributed by atoms with Crippen LogP contribution in [0.15, 0.2) is 11.1 Å². The quantitative estimate of drug-likeness (QED) is 0.0881. The number of ether oxygens (including phenoxy) is 2. The Balaban J connectivity index is 1.25. The third kappa shape index (κ3) is 4.40. The average molecular weight is 634 g/mol. The Bertz CT molecular complexity index is 1780. The minimum absolute atomic E-state index is 0.0143. The zero-order valence-corrected chi connectivity index (χ0v) is 22.7. The van der Waals surface area contributed by atoms with Crippen LogP contribution < -0.4 is 17.0 Å². The normalized spacial score (nSPS) is 31.3. The fourth-order valence-corrected chi connectivity index (χ4v) is 6.28. The van der Waals surface area contributed by atoms with Gasteiger partial charge in [0.15, 0.2) is 34.3 Å². The largest absolute Gasteiger partial charge is 0.394 e. The zero-order valence-electron chi connectivity index (χ0n) is 20.9. The number of rotatable bonds is 8. The Morgan fingerprint density at radius 3 is 2.62 bits per heavy atom. The van der Waals surface area contributed by atoms with E-state index in [1.54, 1.807) is 0 Å². The summed E-state index contributed by atoms with van der Waals surface area (Å²) in [5, 5.41) is 35.1. The number of nitrogens with two attached hydrogens (primary N) is 2. The molecule has 0 spiro atoms. The van der Waals surface area contributed by atoms with Gasteiger partial charge in [0.2, 0.25) is 11.7 Å². The summed E-state index contributed by atoms with van der Waals surface area (Å²) in [4.78, 5) is 26.0. The molecule has 20 nitrogen and oxygen atoms in total. The SMILES string of the molecule is Nc1nc2c(nnn2[C@]2(OP(=O)(S)OC[C@H]3OC[C@](F)(n4nnc5c(N)ncnc54)[C@@H]3O)CO[C@H](CO)[C@H]2F)c(=O)[nH]1. The number of aromatic amines is 1. The molecule has 0 radical (unpaired) electrons. The van der Waals surface area contributed by atoms with Gasteiger partial charge in [-0.25, -0.2) is 23.3 Å².